The van der Waals surface area contributed by atoms with Gasteiger partial charge in [0.25, 0.3) is 0 Å². The lowest BCUT2D eigenvalue weighted by molar-refractivity contribution is 0.101. The van der Waals surface area contributed by atoms with Crippen molar-refractivity contribution >= 4 is 11.5 Å². The maximum absolute atomic E-state index is 11.4. The number of fused-ring (bicyclic) bond motifs is 2. The molecule has 3 fully saturated rings. The second kappa shape index (κ2) is 5.69. The average molecular weight is 298 g/mol. The number of anilines is 1. The molecule has 0 radical (unpaired) electrons. The van der Waals surface area contributed by atoms with Crippen LogP contribution >= 0.6 is 0 Å². The highest BCUT2D eigenvalue weighted by Crippen LogP contribution is 2.46. The summed E-state index contributed by atoms with van der Waals surface area (Å²) in [4.78, 5) is 16.6. The Bertz CT molecular complexity index is 545. The molecule has 4 rings (SSSR count). The Morgan fingerprint density at radius 2 is 1.73 bits per heavy atom. The van der Waals surface area contributed by atoms with Gasteiger partial charge in [-0.15, -0.1) is 0 Å². The lowest BCUT2D eigenvalue weighted by Crippen LogP contribution is -2.51. The zero-order chi connectivity index (χ0) is 15.1. The van der Waals surface area contributed by atoms with Crippen molar-refractivity contribution in [3.63, 3.8) is 0 Å². The summed E-state index contributed by atoms with van der Waals surface area (Å²) in [5.74, 6) is 2.17. The first kappa shape index (κ1) is 14.3. The highest BCUT2D eigenvalue weighted by Gasteiger charge is 2.42. The maximum atomic E-state index is 11.4. The number of hydrogen-bond acceptors (Lipinski definition) is 3. The molecule has 1 aromatic rings. The van der Waals surface area contributed by atoms with E-state index >= 15 is 0 Å². The summed E-state index contributed by atoms with van der Waals surface area (Å²) < 4.78 is 0. The number of piperazine rings is 1. The van der Waals surface area contributed by atoms with Crippen LogP contribution in [-0.4, -0.2) is 42.9 Å². The van der Waals surface area contributed by atoms with Crippen LogP contribution in [0.2, 0.25) is 0 Å². The Balaban J connectivity index is 1.36. The van der Waals surface area contributed by atoms with Crippen LogP contribution in [0.4, 0.5) is 5.69 Å². The first-order chi connectivity index (χ1) is 10.7. The van der Waals surface area contributed by atoms with Gasteiger partial charge in [0.2, 0.25) is 0 Å². The third-order valence-electron chi connectivity index (χ3n) is 6.12. The minimum Gasteiger partial charge on any atom is -0.369 e. The first-order valence-electron chi connectivity index (χ1n) is 8.81. The van der Waals surface area contributed by atoms with E-state index in [-0.39, 0.29) is 5.78 Å². The summed E-state index contributed by atoms with van der Waals surface area (Å²) in [5.41, 5.74) is 2.07. The highest BCUT2D eigenvalue weighted by atomic mass is 16.1. The SMILES string of the molecule is CC(=O)c1ccc(N2CCN([C@@H]3C[C@H]4CC[C@@H]3C4)CC2)cc1. The highest BCUT2D eigenvalue weighted by molar-refractivity contribution is 5.94. The molecule has 22 heavy (non-hydrogen) atoms. The lowest BCUT2D eigenvalue weighted by atomic mass is 9.93. The van der Waals surface area contributed by atoms with Gasteiger partial charge in [0.15, 0.2) is 5.78 Å². The van der Waals surface area contributed by atoms with E-state index < -0.39 is 0 Å². The molecule has 118 valence electrons. The van der Waals surface area contributed by atoms with Gasteiger partial charge >= 0.3 is 0 Å². The average Bonchev–Trinajstić information content (AvgIpc) is 3.18. The van der Waals surface area contributed by atoms with E-state index in [0.717, 1.165) is 36.5 Å². The van der Waals surface area contributed by atoms with Crippen LogP contribution in [0.1, 0.15) is 43.0 Å². The van der Waals surface area contributed by atoms with Gasteiger partial charge in [-0.3, -0.25) is 9.69 Å². The number of benzene rings is 1. The van der Waals surface area contributed by atoms with Crippen LogP contribution in [-0.2, 0) is 0 Å². The molecule has 1 aliphatic heterocycles. The fraction of sp³-hybridized carbons (Fsp3) is 0.632. The van der Waals surface area contributed by atoms with Gasteiger partial charge in [0, 0.05) is 43.5 Å². The van der Waals surface area contributed by atoms with Gasteiger partial charge in [-0.1, -0.05) is 6.42 Å². The van der Waals surface area contributed by atoms with Gasteiger partial charge in [0.05, 0.1) is 0 Å². The van der Waals surface area contributed by atoms with Crippen molar-refractivity contribution in [3.8, 4) is 0 Å². The van der Waals surface area contributed by atoms with Crippen LogP contribution in [0.15, 0.2) is 24.3 Å². The molecular weight excluding hydrogens is 272 g/mol. The van der Waals surface area contributed by atoms with Crippen molar-refractivity contribution < 1.29 is 4.79 Å². The lowest BCUT2D eigenvalue weighted by Gasteiger charge is -2.41. The van der Waals surface area contributed by atoms with Crippen molar-refractivity contribution in [2.45, 2.75) is 38.6 Å². The van der Waals surface area contributed by atoms with Crippen molar-refractivity contribution in [1.82, 2.24) is 4.90 Å². The molecule has 2 aliphatic carbocycles. The molecule has 0 spiro atoms. The molecule has 0 aromatic heterocycles. The Morgan fingerprint density at radius 1 is 1.00 bits per heavy atom. The van der Waals surface area contributed by atoms with Gasteiger partial charge in [-0.05, 0) is 62.3 Å². The predicted molar refractivity (Wildman–Crippen MR) is 89.5 cm³/mol. The summed E-state index contributed by atoms with van der Waals surface area (Å²) in [7, 11) is 0. The van der Waals surface area contributed by atoms with Gasteiger partial charge in [-0.25, -0.2) is 0 Å². The first-order valence-corrected chi connectivity index (χ1v) is 8.81. The van der Waals surface area contributed by atoms with E-state index in [2.05, 4.69) is 21.9 Å². The van der Waals surface area contributed by atoms with E-state index in [9.17, 15) is 4.79 Å². The molecule has 3 heteroatoms. The standard InChI is InChI=1S/C19H26N2O/c1-14(22)16-4-6-18(7-5-16)20-8-10-21(11-9-20)19-13-15-2-3-17(19)12-15/h4-7,15,17,19H,2-3,8-13H2,1H3/t15-,17+,19+/m0/s1. The number of carbonyl (C=O) groups excluding carboxylic acids is 1. The fourth-order valence-corrected chi connectivity index (χ4v) is 4.88. The number of nitrogens with zero attached hydrogens (tertiary/aromatic N) is 2. The Hall–Kier alpha value is -1.35. The third kappa shape index (κ3) is 2.56. The fourth-order valence-electron chi connectivity index (χ4n) is 4.88. The molecule has 0 unspecified atom stereocenters. The summed E-state index contributed by atoms with van der Waals surface area (Å²) in [6.07, 6.45) is 5.92. The number of Topliss-reactive ketones (excluding diaryl/α,β-unsaturated/α-hetero) is 1. The molecule has 2 saturated carbocycles. The van der Waals surface area contributed by atoms with Gasteiger partial charge in [-0.2, -0.15) is 0 Å². The van der Waals surface area contributed by atoms with E-state index in [1.165, 1.54) is 44.5 Å². The molecule has 0 amide bonds. The van der Waals surface area contributed by atoms with E-state index in [0.29, 0.717) is 0 Å². The largest absolute Gasteiger partial charge is 0.369 e. The molecule has 0 N–H and O–H groups in total. The minimum atomic E-state index is 0.146. The van der Waals surface area contributed by atoms with E-state index in [4.69, 9.17) is 0 Å². The van der Waals surface area contributed by atoms with Gasteiger partial charge < -0.3 is 4.90 Å². The Labute approximate surface area is 133 Å². The molecule has 1 heterocycles. The molecular formula is C19H26N2O. The zero-order valence-electron chi connectivity index (χ0n) is 13.5. The molecule has 1 saturated heterocycles. The molecule has 3 atom stereocenters. The van der Waals surface area contributed by atoms with Gasteiger partial charge in [0.1, 0.15) is 0 Å². The van der Waals surface area contributed by atoms with Crippen LogP contribution < -0.4 is 4.90 Å². The van der Waals surface area contributed by atoms with Crippen LogP contribution in [0.5, 0.6) is 0 Å². The van der Waals surface area contributed by atoms with Crippen molar-refractivity contribution in [2.75, 3.05) is 31.1 Å². The second-order valence-electron chi connectivity index (χ2n) is 7.37. The van der Waals surface area contributed by atoms with E-state index in [1.807, 2.05) is 12.1 Å². The van der Waals surface area contributed by atoms with Crippen molar-refractivity contribution in [1.29, 1.82) is 0 Å². The maximum Gasteiger partial charge on any atom is 0.159 e. The van der Waals surface area contributed by atoms with Crippen molar-refractivity contribution in [3.05, 3.63) is 29.8 Å². The Kier molecular flexibility index (Phi) is 3.69. The number of hydrogen-bond donors (Lipinski definition) is 0. The van der Waals surface area contributed by atoms with Crippen LogP contribution in [0, 0.1) is 11.8 Å². The van der Waals surface area contributed by atoms with Crippen LogP contribution in [0.25, 0.3) is 0 Å². The number of carbonyl (C=O) groups is 1. The summed E-state index contributed by atoms with van der Waals surface area (Å²) >= 11 is 0. The summed E-state index contributed by atoms with van der Waals surface area (Å²) in [6.45, 7) is 6.26. The molecule has 3 nitrogen and oxygen atoms in total. The topological polar surface area (TPSA) is 23.6 Å². The third-order valence-corrected chi connectivity index (χ3v) is 6.12. The number of rotatable bonds is 3. The Morgan fingerprint density at radius 3 is 2.27 bits per heavy atom. The monoisotopic (exact) mass is 298 g/mol. The summed E-state index contributed by atoms with van der Waals surface area (Å²) in [5, 5.41) is 0. The number of ketones is 1. The quantitative estimate of drug-likeness (QED) is 0.801. The second-order valence-corrected chi connectivity index (χ2v) is 7.37. The molecule has 2 bridgehead atoms. The predicted octanol–water partition coefficient (Wildman–Crippen LogP) is 3.20. The smallest absolute Gasteiger partial charge is 0.159 e. The normalized spacial score (nSPS) is 31.7. The minimum absolute atomic E-state index is 0.146. The molecule has 1 aromatic carbocycles. The molecule has 3 aliphatic rings. The van der Waals surface area contributed by atoms with Crippen molar-refractivity contribution in [2.24, 2.45) is 11.8 Å². The zero-order valence-corrected chi connectivity index (χ0v) is 13.5. The van der Waals surface area contributed by atoms with Crippen LogP contribution in [0.3, 0.4) is 0 Å². The van der Waals surface area contributed by atoms with E-state index in [1.54, 1.807) is 6.92 Å². The summed E-state index contributed by atoms with van der Waals surface area (Å²) in [6, 6.07) is 8.99.